The molecule has 5 rings (SSSR count). The van der Waals surface area contributed by atoms with E-state index in [0.29, 0.717) is 32.6 Å². The Morgan fingerprint density at radius 2 is 1.81 bits per heavy atom. The van der Waals surface area contributed by atoms with Gasteiger partial charge in [0.15, 0.2) is 0 Å². The molecule has 0 atom stereocenters. The van der Waals surface area contributed by atoms with Gasteiger partial charge >= 0.3 is 6.03 Å². The number of rotatable bonds is 9. The molecule has 7 nitrogen and oxygen atoms in total. The summed E-state index contributed by atoms with van der Waals surface area (Å²) in [5.74, 6) is 1.04. The lowest BCUT2D eigenvalue weighted by Gasteiger charge is -2.32. The van der Waals surface area contributed by atoms with E-state index < -0.39 is 0 Å². The van der Waals surface area contributed by atoms with Crippen molar-refractivity contribution in [1.82, 2.24) is 15.1 Å². The summed E-state index contributed by atoms with van der Waals surface area (Å²) in [4.78, 5) is 30.7. The summed E-state index contributed by atoms with van der Waals surface area (Å²) in [5, 5.41) is 7.12. The first-order chi connectivity index (χ1) is 18.0. The van der Waals surface area contributed by atoms with Gasteiger partial charge in [0.2, 0.25) is 5.91 Å². The number of nitrogens with one attached hydrogen (secondary N) is 1. The second-order valence-corrected chi connectivity index (χ2v) is 10.7. The zero-order chi connectivity index (χ0) is 25.6. The van der Waals surface area contributed by atoms with Crippen LogP contribution in [0, 0.1) is 0 Å². The number of thiophene rings is 1. The van der Waals surface area contributed by atoms with Crippen LogP contribution in [-0.2, 0) is 24.3 Å². The molecule has 2 aromatic carbocycles. The first kappa shape index (κ1) is 25.3. The fourth-order valence-corrected chi connectivity index (χ4v) is 5.65. The monoisotopic (exact) mass is 518 g/mol. The molecule has 0 bridgehead atoms. The highest BCUT2D eigenvalue weighted by Crippen LogP contribution is 2.23. The fraction of sp³-hybridized carbons (Fsp3) is 0.379. The topological polar surface area (TPSA) is 65.1 Å². The summed E-state index contributed by atoms with van der Waals surface area (Å²) in [6.07, 6.45) is 2.15. The Balaban J connectivity index is 1.07. The number of hydrogen-bond donors (Lipinski definition) is 1. The molecule has 2 fully saturated rings. The molecule has 0 radical (unpaired) electrons. The molecular formula is C29H34N4O3S. The average Bonchev–Trinajstić information content (AvgIpc) is 3.57. The third-order valence-corrected chi connectivity index (χ3v) is 7.67. The molecule has 0 saturated carbocycles. The van der Waals surface area contributed by atoms with Crippen molar-refractivity contribution in [1.29, 1.82) is 0 Å². The lowest BCUT2D eigenvalue weighted by atomic mass is 10.1. The minimum absolute atomic E-state index is 0.0675. The second-order valence-electron chi connectivity index (χ2n) is 9.88. The first-order valence-corrected chi connectivity index (χ1v) is 13.8. The standard InChI is InChI=1S/C29H34N4O3S/c1-31(20-24-11-16-37-21-24)19-23-3-2-4-27(17-23)36-26-9-13-32(14-10-26)28(34)18-22-5-7-25(8-6-22)33-15-12-30-29(33)35/h2-8,11,16-17,21,26H,9-10,12-15,18-20H2,1H3,(H,30,35). The van der Waals surface area contributed by atoms with Crippen LogP contribution in [0.15, 0.2) is 65.4 Å². The molecule has 37 heavy (non-hydrogen) atoms. The molecule has 1 N–H and O–H groups in total. The van der Waals surface area contributed by atoms with E-state index in [1.54, 1.807) is 16.2 Å². The summed E-state index contributed by atoms with van der Waals surface area (Å²) >= 11 is 1.73. The number of carbonyl (C=O) groups is 2. The largest absolute Gasteiger partial charge is 0.490 e. The van der Waals surface area contributed by atoms with Crippen LogP contribution in [0.4, 0.5) is 10.5 Å². The number of urea groups is 1. The maximum Gasteiger partial charge on any atom is 0.321 e. The summed E-state index contributed by atoms with van der Waals surface area (Å²) in [6.45, 7) is 4.55. The lowest BCUT2D eigenvalue weighted by molar-refractivity contribution is -0.132. The molecular weight excluding hydrogens is 484 g/mol. The Bertz CT molecular complexity index is 1190. The Hall–Kier alpha value is -3.36. The van der Waals surface area contributed by atoms with Gasteiger partial charge in [-0.25, -0.2) is 4.79 Å². The minimum atomic E-state index is -0.0675. The van der Waals surface area contributed by atoms with E-state index >= 15 is 0 Å². The zero-order valence-electron chi connectivity index (χ0n) is 21.3. The van der Waals surface area contributed by atoms with Gasteiger partial charge in [-0.05, 0) is 64.8 Å². The summed E-state index contributed by atoms with van der Waals surface area (Å²) < 4.78 is 6.31. The molecule has 3 heterocycles. The molecule has 3 amide bonds. The highest BCUT2D eigenvalue weighted by Gasteiger charge is 2.25. The number of nitrogens with zero attached hydrogens (tertiary/aromatic N) is 3. The van der Waals surface area contributed by atoms with Crippen LogP contribution in [0.3, 0.4) is 0 Å². The van der Waals surface area contributed by atoms with Crippen molar-refractivity contribution in [3.05, 3.63) is 82.0 Å². The zero-order valence-corrected chi connectivity index (χ0v) is 22.1. The predicted molar refractivity (Wildman–Crippen MR) is 147 cm³/mol. The third-order valence-electron chi connectivity index (χ3n) is 6.94. The molecule has 1 aromatic heterocycles. The molecule has 2 aliphatic rings. The number of ether oxygens (including phenoxy) is 1. The van der Waals surface area contributed by atoms with Gasteiger partial charge in [-0.15, -0.1) is 0 Å². The maximum absolute atomic E-state index is 12.9. The van der Waals surface area contributed by atoms with Crippen molar-refractivity contribution < 1.29 is 14.3 Å². The third kappa shape index (κ3) is 6.70. The van der Waals surface area contributed by atoms with Gasteiger partial charge in [0, 0.05) is 57.8 Å². The molecule has 0 unspecified atom stereocenters. The molecule has 0 aliphatic carbocycles. The molecule has 2 aliphatic heterocycles. The molecule has 2 saturated heterocycles. The minimum Gasteiger partial charge on any atom is -0.490 e. The molecule has 8 heteroatoms. The highest BCUT2D eigenvalue weighted by molar-refractivity contribution is 7.07. The summed E-state index contributed by atoms with van der Waals surface area (Å²) in [5.41, 5.74) is 4.41. The number of likely N-dealkylation sites (tertiary alicyclic amines) is 1. The van der Waals surface area contributed by atoms with Gasteiger partial charge in [-0.2, -0.15) is 11.3 Å². The van der Waals surface area contributed by atoms with Crippen LogP contribution in [-0.4, -0.2) is 61.1 Å². The summed E-state index contributed by atoms with van der Waals surface area (Å²) in [6, 6.07) is 18.2. The number of anilines is 1. The van der Waals surface area contributed by atoms with Crippen molar-refractivity contribution in [3.8, 4) is 5.75 Å². The second kappa shape index (κ2) is 11.8. The van der Waals surface area contributed by atoms with Crippen LogP contribution in [0.5, 0.6) is 5.75 Å². The van der Waals surface area contributed by atoms with Gasteiger partial charge in [0.1, 0.15) is 11.9 Å². The number of amides is 3. The number of benzene rings is 2. The van der Waals surface area contributed by atoms with Crippen molar-refractivity contribution in [3.63, 3.8) is 0 Å². The van der Waals surface area contributed by atoms with Crippen molar-refractivity contribution in [2.75, 3.05) is 38.1 Å². The van der Waals surface area contributed by atoms with Gasteiger partial charge in [-0.1, -0.05) is 24.3 Å². The van der Waals surface area contributed by atoms with E-state index in [2.05, 4.69) is 52.3 Å². The van der Waals surface area contributed by atoms with Crippen molar-refractivity contribution >= 4 is 29.0 Å². The van der Waals surface area contributed by atoms with Gasteiger partial charge in [0.05, 0.1) is 6.42 Å². The van der Waals surface area contributed by atoms with Gasteiger partial charge in [-0.3, -0.25) is 14.6 Å². The lowest BCUT2D eigenvalue weighted by Crippen LogP contribution is -2.42. The molecule has 0 spiro atoms. The molecule has 194 valence electrons. The predicted octanol–water partition coefficient (Wildman–Crippen LogP) is 4.52. The van der Waals surface area contributed by atoms with Crippen LogP contribution in [0.2, 0.25) is 0 Å². The van der Waals surface area contributed by atoms with Crippen LogP contribution in [0.25, 0.3) is 0 Å². The quantitative estimate of drug-likeness (QED) is 0.452. The number of piperidine rings is 1. The van der Waals surface area contributed by atoms with E-state index in [0.717, 1.165) is 42.9 Å². The van der Waals surface area contributed by atoms with Crippen LogP contribution < -0.4 is 15.0 Å². The van der Waals surface area contributed by atoms with Crippen molar-refractivity contribution in [2.24, 2.45) is 0 Å². The van der Waals surface area contributed by atoms with E-state index in [-0.39, 0.29) is 18.0 Å². The van der Waals surface area contributed by atoms with Crippen LogP contribution >= 0.6 is 11.3 Å². The Morgan fingerprint density at radius 3 is 2.51 bits per heavy atom. The Labute approximate surface area is 222 Å². The maximum atomic E-state index is 12.9. The first-order valence-electron chi connectivity index (χ1n) is 12.9. The normalized spacial score (nSPS) is 16.3. The SMILES string of the molecule is CN(Cc1ccsc1)Cc1cccc(OC2CCN(C(=O)Cc3ccc(N4CCNC4=O)cc3)CC2)c1. The van der Waals surface area contributed by atoms with E-state index in [1.165, 1.54) is 11.1 Å². The van der Waals surface area contributed by atoms with E-state index in [1.807, 2.05) is 35.2 Å². The van der Waals surface area contributed by atoms with E-state index in [9.17, 15) is 9.59 Å². The summed E-state index contributed by atoms with van der Waals surface area (Å²) in [7, 11) is 2.14. The Morgan fingerprint density at radius 1 is 1.03 bits per heavy atom. The fourth-order valence-electron chi connectivity index (χ4n) is 4.99. The van der Waals surface area contributed by atoms with Gasteiger partial charge in [0.25, 0.3) is 0 Å². The number of hydrogen-bond acceptors (Lipinski definition) is 5. The van der Waals surface area contributed by atoms with E-state index in [4.69, 9.17) is 4.74 Å². The Kier molecular flexibility index (Phi) is 8.06. The molecule has 3 aromatic rings. The number of carbonyl (C=O) groups excluding carboxylic acids is 2. The van der Waals surface area contributed by atoms with Crippen molar-refractivity contribution in [2.45, 2.75) is 38.5 Å². The highest BCUT2D eigenvalue weighted by atomic mass is 32.1. The van der Waals surface area contributed by atoms with Crippen LogP contribution in [0.1, 0.15) is 29.5 Å². The van der Waals surface area contributed by atoms with Gasteiger partial charge < -0.3 is 15.0 Å². The smallest absolute Gasteiger partial charge is 0.321 e. The average molecular weight is 519 g/mol.